The topological polar surface area (TPSA) is 60.0 Å². The highest BCUT2D eigenvalue weighted by atomic mass is 16.5. The van der Waals surface area contributed by atoms with E-state index in [1.165, 1.54) is 0 Å². The van der Waals surface area contributed by atoms with E-state index in [1.807, 2.05) is 0 Å². The van der Waals surface area contributed by atoms with Gasteiger partial charge in [-0.25, -0.2) is 0 Å². The van der Waals surface area contributed by atoms with Crippen LogP contribution in [0.1, 0.15) is 70.7 Å². The first-order valence-corrected chi connectivity index (χ1v) is 10.5. The smallest absolute Gasteiger partial charge is 0.254 e. The number of nitrogens with one attached hydrogen (secondary N) is 1. The van der Waals surface area contributed by atoms with Crippen LogP contribution >= 0.6 is 0 Å². The average molecular weight is 407 g/mol. The van der Waals surface area contributed by atoms with E-state index in [2.05, 4.69) is 44.8 Å². The summed E-state index contributed by atoms with van der Waals surface area (Å²) in [4.78, 5) is 15.7. The Labute approximate surface area is 175 Å². The van der Waals surface area contributed by atoms with Crippen LogP contribution in [-0.4, -0.2) is 55.8 Å². The zero-order valence-electron chi connectivity index (χ0n) is 19.3. The van der Waals surface area contributed by atoms with Crippen LogP contribution in [0.2, 0.25) is 0 Å². The molecule has 0 bridgehead atoms. The number of hydrogen-bond acceptors (Lipinski definition) is 5. The second kappa shape index (κ2) is 9.24. The van der Waals surface area contributed by atoms with Gasteiger partial charge in [-0.3, -0.25) is 4.79 Å². The third-order valence-electron chi connectivity index (χ3n) is 5.53. The Hall–Kier alpha value is -1.95. The lowest BCUT2D eigenvalue weighted by Gasteiger charge is -2.49. The summed E-state index contributed by atoms with van der Waals surface area (Å²) in [7, 11) is 4.70. The molecule has 0 aliphatic carbocycles. The molecule has 6 heteroatoms. The number of methoxy groups -OCH3 is 3. The van der Waals surface area contributed by atoms with Crippen molar-refractivity contribution >= 4 is 5.91 Å². The van der Waals surface area contributed by atoms with Crippen molar-refractivity contribution in [3.8, 4) is 17.2 Å². The Balaban J connectivity index is 2.43. The normalized spacial score (nSPS) is 18.2. The van der Waals surface area contributed by atoms with Crippen molar-refractivity contribution in [3.05, 3.63) is 17.7 Å². The molecule has 0 radical (unpaired) electrons. The molecule has 1 saturated heterocycles. The molecule has 0 saturated carbocycles. The third-order valence-corrected chi connectivity index (χ3v) is 5.53. The van der Waals surface area contributed by atoms with Gasteiger partial charge in [-0.1, -0.05) is 13.3 Å². The lowest BCUT2D eigenvalue weighted by molar-refractivity contribution is 0.0441. The van der Waals surface area contributed by atoms with Crippen molar-refractivity contribution in [2.45, 2.75) is 77.4 Å². The molecule has 1 fully saturated rings. The third kappa shape index (κ3) is 5.56. The van der Waals surface area contributed by atoms with E-state index in [-0.39, 0.29) is 23.0 Å². The summed E-state index contributed by atoms with van der Waals surface area (Å²) in [6.07, 6.45) is 3.84. The Kier molecular flexibility index (Phi) is 7.44. The van der Waals surface area contributed by atoms with Gasteiger partial charge in [0.2, 0.25) is 5.75 Å². The van der Waals surface area contributed by atoms with Gasteiger partial charge in [0, 0.05) is 29.2 Å². The van der Waals surface area contributed by atoms with Gasteiger partial charge in [0.25, 0.3) is 5.91 Å². The maximum atomic E-state index is 13.7. The summed E-state index contributed by atoms with van der Waals surface area (Å²) in [5.41, 5.74) is 0.489. The molecule has 2 rings (SSSR count). The molecule has 164 valence electrons. The number of benzene rings is 1. The highest BCUT2D eigenvalue weighted by molar-refractivity contribution is 5.96. The Morgan fingerprint density at radius 1 is 1.03 bits per heavy atom. The number of amides is 1. The van der Waals surface area contributed by atoms with Crippen LogP contribution in [0, 0.1) is 0 Å². The van der Waals surface area contributed by atoms with Crippen molar-refractivity contribution in [2.24, 2.45) is 0 Å². The van der Waals surface area contributed by atoms with Gasteiger partial charge in [-0.2, -0.15) is 0 Å². The number of piperidine rings is 1. The van der Waals surface area contributed by atoms with Gasteiger partial charge >= 0.3 is 0 Å². The summed E-state index contributed by atoms with van der Waals surface area (Å²) in [5.74, 6) is 1.50. The largest absolute Gasteiger partial charge is 0.493 e. The van der Waals surface area contributed by atoms with Crippen LogP contribution in [0.3, 0.4) is 0 Å². The van der Waals surface area contributed by atoms with Gasteiger partial charge in [0.15, 0.2) is 11.5 Å². The number of unbranched alkanes of at least 4 members (excludes halogenated alkanes) is 1. The maximum absolute atomic E-state index is 13.7. The summed E-state index contributed by atoms with van der Waals surface area (Å²) in [5, 5.41) is 3.71. The minimum absolute atomic E-state index is 0.0104. The van der Waals surface area contributed by atoms with E-state index < -0.39 is 0 Å². The predicted molar refractivity (Wildman–Crippen MR) is 116 cm³/mol. The maximum Gasteiger partial charge on any atom is 0.254 e. The van der Waals surface area contributed by atoms with Crippen molar-refractivity contribution < 1.29 is 19.0 Å². The van der Waals surface area contributed by atoms with Gasteiger partial charge in [0.05, 0.1) is 21.3 Å². The van der Waals surface area contributed by atoms with E-state index in [9.17, 15) is 4.79 Å². The van der Waals surface area contributed by atoms with E-state index in [1.54, 1.807) is 33.5 Å². The fraction of sp³-hybridized carbons (Fsp3) is 0.696. The Bertz CT molecular complexity index is 674. The number of ether oxygens (including phenoxy) is 3. The minimum atomic E-state index is -0.0353. The van der Waals surface area contributed by atoms with Crippen LogP contribution in [0.15, 0.2) is 12.1 Å². The summed E-state index contributed by atoms with van der Waals surface area (Å²) < 4.78 is 16.3. The van der Waals surface area contributed by atoms with Crippen molar-refractivity contribution in [2.75, 3.05) is 27.9 Å². The predicted octanol–water partition coefficient (Wildman–Crippen LogP) is 4.26. The molecule has 1 aliphatic rings. The fourth-order valence-electron chi connectivity index (χ4n) is 4.64. The van der Waals surface area contributed by atoms with Gasteiger partial charge in [-0.15, -0.1) is 0 Å². The summed E-state index contributed by atoms with van der Waals surface area (Å²) in [6, 6.07) is 3.67. The number of rotatable bonds is 8. The molecule has 1 amide bonds. The van der Waals surface area contributed by atoms with Crippen LogP contribution < -0.4 is 19.5 Å². The highest BCUT2D eigenvalue weighted by Crippen LogP contribution is 2.39. The number of carbonyl (C=O) groups excluding carboxylic acids is 1. The lowest BCUT2D eigenvalue weighted by Crippen LogP contribution is -2.62. The molecule has 1 aromatic rings. The molecular formula is C23H38N2O4. The Morgan fingerprint density at radius 3 is 1.97 bits per heavy atom. The zero-order chi connectivity index (χ0) is 21.8. The molecule has 6 nitrogen and oxygen atoms in total. The number of carbonyl (C=O) groups is 1. The van der Waals surface area contributed by atoms with Crippen molar-refractivity contribution in [1.29, 1.82) is 0 Å². The minimum Gasteiger partial charge on any atom is -0.493 e. The fourth-order valence-corrected chi connectivity index (χ4v) is 4.64. The van der Waals surface area contributed by atoms with Crippen LogP contribution in [0.4, 0.5) is 0 Å². The molecule has 0 aromatic heterocycles. The molecule has 0 spiro atoms. The van der Waals surface area contributed by atoms with E-state index in [4.69, 9.17) is 14.2 Å². The van der Waals surface area contributed by atoms with Crippen LogP contribution in [-0.2, 0) is 0 Å². The lowest BCUT2D eigenvalue weighted by atomic mass is 9.78. The van der Waals surface area contributed by atoms with E-state index >= 15 is 0 Å². The van der Waals surface area contributed by atoms with Gasteiger partial charge in [-0.05, 0) is 59.1 Å². The van der Waals surface area contributed by atoms with Crippen molar-refractivity contribution in [3.63, 3.8) is 0 Å². The molecule has 0 atom stereocenters. The monoisotopic (exact) mass is 406 g/mol. The molecule has 1 aromatic carbocycles. The summed E-state index contributed by atoms with van der Waals surface area (Å²) in [6.45, 7) is 11.7. The first-order chi connectivity index (χ1) is 13.6. The second-order valence-electron chi connectivity index (χ2n) is 9.22. The molecule has 29 heavy (non-hydrogen) atoms. The second-order valence-corrected chi connectivity index (χ2v) is 9.22. The van der Waals surface area contributed by atoms with E-state index in [0.717, 1.165) is 32.2 Å². The number of nitrogens with zero attached hydrogens (tertiary/aromatic N) is 1. The van der Waals surface area contributed by atoms with Gasteiger partial charge < -0.3 is 24.4 Å². The number of hydrogen-bond donors (Lipinski definition) is 1. The van der Waals surface area contributed by atoms with Crippen molar-refractivity contribution in [1.82, 2.24) is 10.2 Å². The van der Waals surface area contributed by atoms with Crippen LogP contribution in [0.5, 0.6) is 17.2 Å². The molecule has 1 heterocycles. The van der Waals surface area contributed by atoms with Gasteiger partial charge in [0.1, 0.15) is 0 Å². The quantitative estimate of drug-likeness (QED) is 0.699. The average Bonchev–Trinajstić information content (AvgIpc) is 2.64. The highest BCUT2D eigenvalue weighted by Gasteiger charge is 2.41. The summed E-state index contributed by atoms with van der Waals surface area (Å²) >= 11 is 0. The zero-order valence-corrected chi connectivity index (χ0v) is 19.3. The molecule has 1 N–H and O–H groups in total. The SMILES string of the molecule is CCCCN(C(=O)c1cc(OC)c(OC)c(OC)c1)C1CC(C)(C)NC(C)(C)C1. The van der Waals surface area contributed by atoms with Crippen LogP contribution in [0.25, 0.3) is 0 Å². The molecule has 1 aliphatic heterocycles. The molecular weight excluding hydrogens is 368 g/mol. The first-order valence-electron chi connectivity index (χ1n) is 10.5. The standard InChI is InChI=1S/C23H38N2O4/c1-9-10-11-25(17-14-22(2,3)24-23(4,5)15-17)21(26)16-12-18(27-6)20(29-8)19(13-16)28-7/h12-13,17,24H,9-11,14-15H2,1-8H3. The molecule has 0 unspecified atom stereocenters. The first kappa shape index (κ1) is 23.3. The Morgan fingerprint density at radius 2 is 1.55 bits per heavy atom. The van der Waals surface area contributed by atoms with E-state index in [0.29, 0.717) is 22.8 Å².